The molecule has 198 valence electrons. The van der Waals surface area contributed by atoms with Crippen LogP contribution >= 0.6 is 31.9 Å². The van der Waals surface area contributed by atoms with Crippen LogP contribution in [0.15, 0.2) is 24.3 Å². The zero-order valence-corrected chi connectivity index (χ0v) is 24.5. The van der Waals surface area contributed by atoms with Crippen molar-refractivity contribution in [1.29, 1.82) is 0 Å². The fourth-order valence-corrected chi connectivity index (χ4v) is 4.96. The molecule has 0 aliphatic rings. The molecule has 3 rings (SSSR count). The summed E-state index contributed by atoms with van der Waals surface area (Å²) >= 11 is 6.98. The summed E-state index contributed by atoms with van der Waals surface area (Å²) in [6.45, 7) is 1.61. The summed E-state index contributed by atoms with van der Waals surface area (Å²) < 4.78 is 0. The average Bonchev–Trinajstić information content (AvgIpc) is 3.57. The van der Waals surface area contributed by atoms with Crippen LogP contribution in [0.5, 0.6) is 0 Å². The van der Waals surface area contributed by atoms with E-state index in [9.17, 15) is 0 Å². The number of hydrogen-bond donors (Lipinski definition) is 0. The number of aryl methyl sites for hydroxylation is 2. The van der Waals surface area contributed by atoms with Gasteiger partial charge in [-0.05, 0) is 42.2 Å². The van der Waals surface area contributed by atoms with Gasteiger partial charge >= 0.3 is 0 Å². The zero-order valence-electron chi connectivity index (χ0n) is 21.4. The molecule has 0 saturated heterocycles. The SMILES string of the molecule is BrCCCCCCCCCn1nnc(-c2cccc(-c3nnn(CCCCCCCCCBr)n3)c2)n1. The Bertz CT molecular complexity index is 901. The average molecular weight is 624 g/mol. The van der Waals surface area contributed by atoms with Gasteiger partial charge in [0, 0.05) is 21.8 Å². The summed E-state index contributed by atoms with van der Waals surface area (Å²) in [5.41, 5.74) is 1.84. The van der Waals surface area contributed by atoms with E-state index in [-0.39, 0.29) is 0 Å². The Morgan fingerprint density at radius 1 is 0.528 bits per heavy atom. The molecular formula is C26H40Br2N8. The Hall–Kier alpha value is -1.68. The normalized spacial score (nSPS) is 11.4. The predicted molar refractivity (Wildman–Crippen MR) is 152 cm³/mol. The Balaban J connectivity index is 1.41. The Morgan fingerprint density at radius 3 is 1.33 bits per heavy atom. The minimum Gasteiger partial charge on any atom is -0.164 e. The number of halogens is 2. The number of hydrogen-bond acceptors (Lipinski definition) is 6. The first-order valence-electron chi connectivity index (χ1n) is 13.6. The third-order valence-electron chi connectivity index (χ3n) is 6.27. The molecule has 0 unspecified atom stereocenters. The number of unbranched alkanes of at least 4 members (excludes halogenated alkanes) is 12. The molecule has 0 aliphatic heterocycles. The van der Waals surface area contributed by atoms with Gasteiger partial charge in [0.1, 0.15) is 0 Å². The van der Waals surface area contributed by atoms with E-state index in [2.05, 4.69) is 62.7 Å². The van der Waals surface area contributed by atoms with E-state index in [1.165, 1.54) is 77.0 Å². The molecule has 0 amide bonds. The smallest absolute Gasteiger partial charge is 0.164 e. The second-order valence-corrected chi connectivity index (χ2v) is 10.9. The summed E-state index contributed by atoms with van der Waals surface area (Å²) in [6, 6.07) is 8.00. The summed E-state index contributed by atoms with van der Waals surface area (Å²) in [6.07, 6.45) is 17.6. The number of nitrogens with zero attached hydrogens (tertiary/aromatic N) is 8. The lowest BCUT2D eigenvalue weighted by Crippen LogP contribution is -2.02. The molecule has 1 aromatic carbocycles. The molecule has 0 radical (unpaired) electrons. The molecular weight excluding hydrogens is 584 g/mol. The van der Waals surface area contributed by atoms with Crippen LogP contribution < -0.4 is 0 Å². The van der Waals surface area contributed by atoms with Crippen molar-refractivity contribution in [2.75, 3.05) is 10.7 Å². The molecule has 36 heavy (non-hydrogen) atoms. The van der Waals surface area contributed by atoms with Crippen LogP contribution in [0.2, 0.25) is 0 Å². The highest BCUT2D eigenvalue weighted by Gasteiger charge is 2.11. The van der Waals surface area contributed by atoms with Crippen molar-refractivity contribution in [3.05, 3.63) is 24.3 Å². The highest BCUT2D eigenvalue weighted by molar-refractivity contribution is 9.09. The van der Waals surface area contributed by atoms with Gasteiger partial charge in [-0.2, -0.15) is 9.59 Å². The lowest BCUT2D eigenvalue weighted by molar-refractivity contribution is 0.473. The monoisotopic (exact) mass is 622 g/mol. The molecule has 2 aromatic heterocycles. The zero-order chi connectivity index (χ0) is 25.3. The standard InChI is InChI=1S/C26H40Br2N8/c27-18-11-7-3-1-5-9-13-20-35-31-25(29-33-35)23-16-15-17-24(22-23)26-30-34-36(32-26)21-14-10-6-2-4-8-12-19-28/h15-17,22H,1-14,18-21H2. The van der Waals surface area contributed by atoms with Crippen molar-refractivity contribution in [2.24, 2.45) is 0 Å². The van der Waals surface area contributed by atoms with Crippen molar-refractivity contribution in [3.63, 3.8) is 0 Å². The van der Waals surface area contributed by atoms with Crippen molar-refractivity contribution in [2.45, 2.75) is 103 Å². The first-order valence-corrected chi connectivity index (χ1v) is 15.8. The maximum absolute atomic E-state index is 4.59. The van der Waals surface area contributed by atoms with E-state index in [4.69, 9.17) is 0 Å². The molecule has 0 aliphatic carbocycles. The molecule has 2 heterocycles. The molecule has 3 aromatic rings. The quantitative estimate of drug-likeness (QED) is 0.0973. The third kappa shape index (κ3) is 10.7. The second-order valence-electron chi connectivity index (χ2n) is 9.33. The largest absolute Gasteiger partial charge is 0.204 e. The van der Waals surface area contributed by atoms with Crippen LogP contribution in [0.25, 0.3) is 22.8 Å². The first kappa shape index (κ1) is 28.9. The fourth-order valence-electron chi connectivity index (χ4n) is 4.17. The summed E-state index contributed by atoms with van der Waals surface area (Å²) in [5, 5.41) is 28.4. The number of tetrazole rings is 2. The van der Waals surface area contributed by atoms with Crippen LogP contribution in [0, 0.1) is 0 Å². The van der Waals surface area contributed by atoms with Crippen molar-refractivity contribution in [1.82, 2.24) is 40.4 Å². The fraction of sp³-hybridized carbons (Fsp3) is 0.692. The molecule has 8 nitrogen and oxygen atoms in total. The van der Waals surface area contributed by atoms with Crippen LogP contribution in [0.4, 0.5) is 0 Å². The Kier molecular flexibility index (Phi) is 14.2. The lowest BCUT2D eigenvalue weighted by Gasteiger charge is -2.01. The van der Waals surface area contributed by atoms with Gasteiger partial charge in [0.15, 0.2) is 0 Å². The highest BCUT2D eigenvalue weighted by Crippen LogP contribution is 2.21. The third-order valence-corrected chi connectivity index (χ3v) is 7.39. The first-order chi connectivity index (χ1) is 17.8. The molecule has 0 spiro atoms. The summed E-state index contributed by atoms with van der Waals surface area (Å²) in [5.74, 6) is 1.27. The molecule has 0 N–H and O–H groups in total. The summed E-state index contributed by atoms with van der Waals surface area (Å²) in [4.78, 5) is 3.42. The number of benzene rings is 1. The van der Waals surface area contributed by atoms with Crippen molar-refractivity contribution in [3.8, 4) is 22.8 Å². The van der Waals surface area contributed by atoms with E-state index in [0.29, 0.717) is 11.6 Å². The molecule has 0 bridgehead atoms. The lowest BCUT2D eigenvalue weighted by atomic mass is 10.1. The maximum Gasteiger partial charge on any atom is 0.204 e. The Labute approximate surface area is 232 Å². The minimum atomic E-state index is 0.634. The van der Waals surface area contributed by atoms with Crippen molar-refractivity contribution < 1.29 is 0 Å². The van der Waals surface area contributed by atoms with E-state index in [1.807, 2.05) is 24.3 Å². The second kappa shape index (κ2) is 17.7. The van der Waals surface area contributed by atoms with Gasteiger partial charge in [0.05, 0.1) is 13.1 Å². The van der Waals surface area contributed by atoms with Gasteiger partial charge in [0.25, 0.3) is 0 Å². The number of alkyl halides is 2. The van der Waals surface area contributed by atoms with Gasteiger partial charge in [-0.1, -0.05) is 114 Å². The number of rotatable bonds is 20. The number of aromatic nitrogens is 8. The van der Waals surface area contributed by atoms with E-state index in [0.717, 1.165) is 47.7 Å². The van der Waals surface area contributed by atoms with E-state index in [1.54, 1.807) is 9.59 Å². The van der Waals surface area contributed by atoms with Gasteiger partial charge in [-0.3, -0.25) is 0 Å². The van der Waals surface area contributed by atoms with Crippen LogP contribution in [-0.4, -0.2) is 51.1 Å². The Morgan fingerprint density at radius 2 is 0.917 bits per heavy atom. The highest BCUT2D eigenvalue weighted by atomic mass is 79.9. The molecule has 10 heteroatoms. The van der Waals surface area contributed by atoms with Crippen molar-refractivity contribution >= 4 is 31.9 Å². The maximum atomic E-state index is 4.59. The summed E-state index contributed by atoms with van der Waals surface area (Å²) in [7, 11) is 0. The van der Waals surface area contributed by atoms with Gasteiger partial charge < -0.3 is 0 Å². The van der Waals surface area contributed by atoms with Gasteiger partial charge in [-0.25, -0.2) is 0 Å². The van der Waals surface area contributed by atoms with Gasteiger partial charge in [-0.15, -0.1) is 20.4 Å². The van der Waals surface area contributed by atoms with E-state index < -0.39 is 0 Å². The predicted octanol–water partition coefficient (Wildman–Crippen LogP) is 7.24. The van der Waals surface area contributed by atoms with E-state index >= 15 is 0 Å². The van der Waals surface area contributed by atoms with Crippen LogP contribution in [-0.2, 0) is 13.1 Å². The van der Waals surface area contributed by atoms with Crippen LogP contribution in [0.1, 0.15) is 89.9 Å². The van der Waals surface area contributed by atoms with Gasteiger partial charge in [0.2, 0.25) is 11.6 Å². The topological polar surface area (TPSA) is 87.2 Å². The van der Waals surface area contributed by atoms with Crippen LogP contribution in [0.3, 0.4) is 0 Å². The molecule has 0 saturated carbocycles. The molecule has 0 atom stereocenters. The minimum absolute atomic E-state index is 0.634. The molecule has 0 fully saturated rings.